The van der Waals surface area contributed by atoms with Crippen LogP contribution in [0.3, 0.4) is 0 Å². The van der Waals surface area contributed by atoms with Crippen molar-refractivity contribution in [1.82, 2.24) is 5.32 Å². The van der Waals surface area contributed by atoms with E-state index in [0.29, 0.717) is 10.7 Å². The van der Waals surface area contributed by atoms with Gasteiger partial charge in [0, 0.05) is 0 Å². The van der Waals surface area contributed by atoms with Crippen LogP contribution >= 0.6 is 11.6 Å². The lowest BCUT2D eigenvalue weighted by Gasteiger charge is -2.15. The Balaban J connectivity index is 2.41. The quantitative estimate of drug-likeness (QED) is 0.739. The van der Waals surface area contributed by atoms with Crippen molar-refractivity contribution in [3.05, 3.63) is 28.8 Å². The standard InChI is InChI=1S/C10H9ClN2O2/c1-6-2-3-7(11)8(4-6)13-5-9(14)12-10(13)15/h2-4H,5H2,1H3,(H,12,14,15). The average molecular weight is 225 g/mol. The lowest BCUT2D eigenvalue weighted by atomic mass is 10.2. The number of aryl methyl sites for hydroxylation is 1. The summed E-state index contributed by atoms with van der Waals surface area (Å²) in [5, 5.41) is 2.66. The molecule has 1 saturated heterocycles. The van der Waals surface area contributed by atoms with Crippen LogP contribution in [-0.4, -0.2) is 18.5 Å². The van der Waals surface area contributed by atoms with Crippen molar-refractivity contribution < 1.29 is 9.59 Å². The summed E-state index contributed by atoms with van der Waals surface area (Å²) < 4.78 is 0. The number of rotatable bonds is 1. The Morgan fingerprint density at radius 2 is 2.13 bits per heavy atom. The van der Waals surface area contributed by atoms with E-state index in [0.717, 1.165) is 5.56 Å². The molecule has 0 spiro atoms. The highest BCUT2D eigenvalue weighted by molar-refractivity contribution is 6.34. The molecule has 5 heteroatoms. The Labute approximate surface area is 91.8 Å². The van der Waals surface area contributed by atoms with Gasteiger partial charge in [0.1, 0.15) is 6.54 Å². The third-order valence-corrected chi connectivity index (χ3v) is 2.51. The van der Waals surface area contributed by atoms with Crippen LogP contribution in [0.15, 0.2) is 18.2 Å². The number of anilines is 1. The van der Waals surface area contributed by atoms with Crippen LogP contribution < -0.4 is 10.2 Å². The Morgan fingerprint density at radius 1 is 1.40 bits per heavy atom. The van der Waals surface area contributed by atoms with E-state index in [-0.39, 0.29) is 12.5 Å². The van der Waals surface area contributed by atoms with Gasteiger partial charge in [0.25, 0.3) is 0 Å². The molecule has 1 N–H and O–H groups in total. The van der Waals surface area contributed by atoms with E-state index in [2.05, 4.69) is 5.32 Å². The molecule has 1 aromatic rings. The van der Waals surface area contributed by atoms with Crippen LogP contribution in [-0.2, 0) is 4.79 Å². The number of halogens is 1. The van der Waals surface area contributed by atoms with Gasteiger partial charge in [-0.25, -0.2) is 4.79 Å². The van der Waals surface area contributed by atoms with Crippen molar-refractivity contribution in [3.8, 4) is 0 Å². The molecule has 1 aliphatic rings. The summed E-state index contributed by atoms with van der Waals surface area (Å²) in [4.78, 5) is 23.7. The summed E-state index contributed by atoms with van der Waals surface area (Å²) in [6.07, 6.45) is 0. The van der Waals surface area contributed by atoms with E-state index in [9.17, 15) is 9.59 Å². The van der Waals surface area contributed by atoms with Crippen molar-refractivity contribution in [2.24, 2.45) is 0 Å². The fourth-order valence-corrected chi connectivity index (χ4v) is 1.69. The minimum atomic E-state index is -0.424. The molecule has 2 rings (SSSR count). The molecule has 1 aliphatic heterocycles. The van der Waals surface area contributed by atoms with E-state index in [4.69, 9.17) is 11.6 Å². The molecule has 0 atom stereocenters. The molecule has 0 aliphatic carbocycles. The van der Waals surface area contributed by atoms with Gasteiger partial charge in [0.2, 0.25) is 5.91 Å². The van der Waals surface area contributed by atoms with Crippen LogP contribution in [0, 0.1) is 6.92 Å². The molecule has 1 aromatic carbocycles. The zero-order valence-electron chi connectivity index (χ0n) is 8.08. The molecule has 78 valence electrons. The first kappa shape index (κ1) is 9.98. The van der Waals surface area contributed by atoms with Gasteiger partial charge < -0.3 is 0 Å². The third kappa shape index (κ3) is 1.80. The smallest absolute Gasteiger partial charge is 0.283 e. The molecule has 1 heterocycles. The maximum Gasteiger partial charge on any atom is 0.329 e. The Bertz CT molecular complexity index is 445. The van der Waals surface area contributed by atoms with Crippen molar-refractivity contribution >= 4 is 29.2 Å². The van der Waals surface area contributed by atoms with Crippen LogP contribution in [0.5, 0.6) is 0 Å². The van der Waals surface area contributed by atoms with Crippen molar-refractivity contribution in [2.75, 3.05) is 11.4 Å². The number of nitrogens with zero attached hydrogens (tertiary/aromatic N) is 1. The number of benzene rings is 1. The first-order chi connectivity index (χ1) is 7.08. The second-order valence-corrected chi connectivity index (χ2v) is 3.80. The summed E-state index contributed by atoms with van der Waals surface area (Å²) in [6.45, 7) is 1.93. The Kier molecular flexibility index (Phi) is 2.36. The Morgan fingerprint density at radius 3 is 2.73 bits per heavy atom. The van der Waals surface area contributed by atoms with Crippen molar-refractivity contribution in [2.45, 2.75) is 6.92 Å². The number of nitrogens with one attached hydrogen (secondary N) is 1. The van der Waals surface area contributed by atoms with Gasteiger partial charge in [-0.05, 0) is 24.6 Å². The van der Waals surface area contributed by atoms with Crippen molar-refractivity contribution in [1.29, 1.82) is 0 Å². The van der Waals surface area contributed by atoms with Crippen LogP contribution in [0.1, 0.15) is 5.56 Å². The topological polar surface area (TPSA) is 49.4 Å². The fraction of sp³-hybridized carbons (Fsp3) is 0.200. The van der Waals surface area contributed by atoms with Gasteiger partial charge in [-0.15, -0.1) is 0 Å². The maximum absolute atomic E-state index is 11.4. The number of imide groups is 1. The molecule has 0 aromatic heterocycles. The van der Waals surface area contributed by atoms with E-state index in [1.165, 1.54) is 4.90 Å². The number of hydrogen-bond donors (Lipinski definition) is 1. The van der Waals surface area contributed by atoms with Crippen LogP contribution in [0.2, 0.25) is 5.02 Å². The van der Waals surface area contributed by atoms with Gasteiger partial charge in [0.15, 0.2) is 0 Å². The normalized spacial score (nSPS) is 15.7. The molecule has 3 amide bonds. The van der Waals surface area contributed by atoms with E-state index in [1.54, 1.807) is 12.1 Å². The first-order valence-electron chi connectivity index (χ1n) is 4.45. The lowest BCUT2D eigenvalue weighted by Crippen LogP contribution is -2.28. The molecule has 4 nitrogen and oxygen atoms in total. The summed E-state index contributed by atoms with van der Waals surface area (Å²) in [6, 6.07) is 4.91. The average Bonchev–Trinajstić information content (AvgIpc) is 2.50. The van der Waals surface area contributed by atoms with Gasteiger partial charge in [-0.1, -0.05) is 17.7 Å². The second kappa shape index (κ2) is 3.55. The highest BCUT2D eigenvalue weighted by atomic mass is 35.5. The third-order valence-electron chi connectivity index (χ3n) is 2.19. The number of carbonyl (C=O) groups excluding carboxylic acids is 2. The molecule has 0 radical (unpaired) electrons. The second-order valence-electron chi connectivity index (χ2n) is 3.39. The largest absolute Gasteiger partial charge is 0.329 e. The fourth-order valence-electron chi connectivity index (χ4n) is 1.47. The molecule has 0 bridgehead atoms. The number of hydrogen-bond acceptors (Lipinski definition) is 2. The summed E-state index contributed by atoms with van der Waals surface area (Å²) >= 11 is 5.96. The molecule has 1 fully saturated rings. The summed E-state index contributed by atoms with van der Waals surface area (Å²) in [7, 11) is 0. The Hall–Kier alpha value is -1.55. The van der Waals surface area contributed by atoms with Gasteiger partial charge in [-0.3, -0.25) is 15.0 Å². The first-order valence-corrected chi connectivity index (χ1v) is 4.83. The van der Waals surface area contributed by atoms with Gasteiger partial charge >= 0.3 is 6.03 Å². The lowest BCUT2D eigenvalue weighted by molar-refractivity contribution is -0.117. The number of carbonyl (C=O) groups is 2. The van der Waals surface area contributed by atoms with Crippen LogP contribution in [0.25, 0.3) is 0 Å². The zero-order valence-corrected chi connectivity index (χ0v) is 8.84. The maximum atomic E-state index is 11.4. The number of urea groups is 1. The number of amides is 3. The summed E-state index contributed by atoms with van der Waals surface area (Å²) in [5.41, 5.74) is 1.56. The predicted octanol–water partition coefficient (Wildman–Crippen LogP) is 1.70. The van der Waals surface area contributed by atoms with Gasteiger partial charge in [-0.2, -0.15) is 0 Å². The van der Waals surface area contributed by atoms with E-state index >= 15 is 0 Å². The van der Waals surface area contributed by atoms with E-state index in [1.807, 2.05) is 13.0 Å². The zero-order chi connectivity index (χ0) is 11.0. The molecule has 0 unspecified atom stereocenters. The minimum Gasteiger partial charge on any atom is -0.283 e. The minimum absolute atomic E-state index is 0.0298. The summed E-state index contributed by atoms with van der Waals surface area (Å²) in [5.74, 6) is -0.308. The molecule has 15 heavy (non-hydrogen) atoms. The SMILES string of the molecule is Cc1ccc(Cl)c(N2CC(=O)NC2=O)c1. The van der Waals surface area contributed by atoms with Crippen LogP contribution in [0.4, 0.5) is 10.5 Å². The molecular formula is C10H9ClN2O2. The highest BCUT2D eigenvalue weighted by Crippen LogP contribution is 2.27. The van der Waals surface area contributed by atoms with Gasteiger partial charge in [0.05, 0.1) is 10.7 Å². The predicted molar refractivity (Wildman–Crippen MR) is 57.1 cm³/mol. The monoisotopic (exact) mass is 224 g/mol. The molecular weight excluding hydrogens is 216 g/mol. The highest BCUT2D eigenvalue weighted by Gasteiger charge is 2.29. The van der Waals surface area contributed by atoms with Crippen molar-refractivity contribution in [3.63, 3.8) is 0 Å². The van der Waals surface area contributed by atoms with E-state index < -0.39 is 6.03 Å². The molecule has 0 saturated carbocycles.